The van der Waals surface area contributed by atoms with E-state index in [9.17, 15) is 19.7 Å². The predicted molar refractivity (Wildman–Crippen MR) is 112 cm³/mol. The van der Waals surface area contributed by atoms with Gasteiger partial charge in [0.2, 0.25) is 0 Å². The number of benzene rings is 3. The highest BCUT2D eigenvalue weighted by molar-refractivity contribution is 6.07. The molecular weight excluding hydrogens is 388 g/mol. The summed E-state index contributed by atoms with van der Waals surface area (Å²) in [6.07, 6.45) is 0. The van der Waals surface area contributed by atoms with Crippen LogP contribution >= 0.6 is 0 Å². The van der Waals surface area contributed by atoms with E-state index in [-0.39, 0.29) is 16.9 Å². The van der Waals surface area contributed by atoms with Gasteiger partial charge in [0.25, 0.3) is 11.6 Å². The van der Waals surface area contributed by atoms with E-state index in [2.05, 4.69) is 5.32 Å². The highest BCUT2D eigenvalue weighted by Gasteiger charge is 2.19. The number of methoxy groups -OCH3 is 1. The molecule has 3 rings (SSSR count). The number of nitrogens with one attached hydrogen (secondary N) is 1. The van der Waals surface area contributed by atoms with Crippen molar-refractivity contribution < 1.29 is 24.0 Å². The first kappa shape index (κ1) is 20.8. The molecule has 8 heteroatoms. The number of fused-ring (bicyclic) bond motifs is 1. The second-order valence-electron chi connectivity index (χ2n) is 6.70. The van der Waals surface area contributed by atoms with E-state index in [0.717, 1.165) is 16.5 Å². The Morgan fingerprint density at radius 1 is 1.03 bits per heavy atom. The van der Waals surface area contributed by atoms with E-state index in [1.165, 1.54) is 19.2 Å². The van der Waals surface area contributed by atoms with Crippen LogP contribution in [0.5, 0.6) is 5.75 Å². The smallest absolute Gasteiger partial charge is 0.339 e. The van der Waals surface area contributed by atoms with Gasteiger partial charge in [-0.25, -0.2) is 4.79 Å². The Balaban J connectivity index is 1.75. The van der Waals surface area contributed by atoms with Crippen molar-refractivity contribution in [3.8, 4) is 5.75 Å². The number of carbonyl (C=O) groups is 2. The number of aryl methyl sites for hydroxylation is 2. The molecule has 0 aliphatic carbocycles. The lowest BCUT2D eigenvalue weighted by molar-refractivity contribution is -0.384. The van der Waals surface area contributed by atoms with Gasteiger partial charge in [0.1, 0.15) is 11.4 Å². The molecule has 8 nitrogen and oxygen atoms in total. The van der Waals surface area contributed by atoms with Gasteiger partial charge in [0.15, 0.2) is 6.61 Å². The molecule has 1 amide bonds. The minimum absolute atomic E-state index is 0.0547. The molecule has 0 aliphatic heterocycles. The van der Waals surface area contributed by atoms with Gasteiger partial charge in [-0.3, -0.25) is 14.9 Å². The summed E-state index contributed by atoms with van der Waals surface area (Å²) in [4.78, 5) is 35.5. The summed E-state index contributed by atoms with van der Waals surface area (Å²) < 4.78 is 10.4. The Morgan fingerprint density at radius 3 is 2.37 bits per heavy atom. The SMILES string of the molecule is COc1ccc(C(=O)OCC(=O)Nc2cc(C)c(C)cc2[N+](=O)[O-])c2ccccc12. The molecule has 3 aromatic rings. The molecule has 0 atom stereocenters. The number of nitro benzene ring substituents is 1. The second kappa shape index (κ2) is 8.60. The van der Waals surface area contributed by atoms with Crippen LogP contribution in [0, 0.1) is 24.0 Å². The fourth-order valence-corrected chi connectivity index (χ4v) is 3.07. The highest BCUT2D eigenvalue weighted by atomic mass is 16.6. The molecule has 0 aliphatic rings. The van der Waals surface area contributed by atoms with Crippen molar-refractivity contribution >= 4 is 34.0 Å². The van der Waals surface area contributed by atoms with Crippen molar-refractivity contribution in [2.45, 2.75) is 13.8 Å². The lowest BCUT2D eigenvalue weighted by Crippen LogP contribution is -2.21. The molecule has 0 heterocycles. The number of anilines is 1. The predicted octanol–water partition coefficient (Wildman–Crippen LogP) is 4.17. The fraction of sp³-hybridized carbons (Fsp3) is 0.182. The summed E-state index contributed by atoms with van der Waals surface area (Å²) in [5, 5.41) is 15.1. The monoisotopic (exact) mass is 408 g/mol. The number of esters is 1. The van der Waals surface area contributed by atoms with E-state index in [1.54, 1.807) is 38.1 Å². The molecule has 0 saturated heterocycles. The Labute approximate surface area is 172 Å². The maximum Gasteiger partial charge on any atom is 0.339 e. The molecule has 0 saturated carbocycles. The van der Waals surface area contributed by atoms with Crippen LogP contribution in [0.4, 0.5) is 11.4 Å². The van der Waals surface area contributed by atoms with E-state index in [4.69, 9.17) is 9.47 Å². The van der Waals surface area contributed by atoms with Gasteiger partial charge >= 0.3 is 5.97 Å². The van der Waals surface area contributed by atoms with Gasteiger partial charge in [-0.05, 0) is 48.6 Å². The zero-order valence-electron chi connectivity index (χ0n) is 16.7. The Bertz CT molecular complexity index is 1160. The van der Waals surface area contributed by atoms with Gasteiger partial charge in [0, 0.05) is 11.5 Å². The normalized spacial score (nSPS) is 10.5. The molecule has 154 valence electrons. The van der Waals surface area contributed by atoms with Crippen LogP contribution < -0.4 is 10.1 Å². The van der Waals surface area contributed by atoms with Crippen molar-refractivity contribution in [3.63, 3.8) is 0 Å². The molecule has 0 radical (unpaired) electrons. The van der Waals surface area contributed by atoms with E-state index in [0.29, 0.717) is 11.1 Å². The van der Waals surface area contributed by atoms with Crippen LogP contribution in [0.15, 0.2) is 48.5 Å². The molecule has 0 unspecified atom stereocenters. The molecular formula is C22H20N2O6. The van der Waals surface area contributed by atoms with Crippen LogP contribution in [0.3, 0.4) is 0 Å². The summed E-state index contributed by atoms with van der Waals surface area (Å²) in [5.74, 6) is -0.743. The number of rotatable bonds is 6. The first-order chi connectivity index (χ1) is 14.3. The van der Waals surface area contributed by atoms with Crippen LogP contribution in [-0.2, 0) is 9.53 Å². The lowest BCUT2D eigenvalue weighted by Gasteiger charge is -2.11. The second-order valence-corrected chi connectivity index (χ2v) is 6.70. The van der Waals surface area contributed by atoms with Gasteiger partial charge in [0.05, 0.1) is 17.6 Å². The average molecular weight is 408 g/mol. The minimum Gasteiger partial charge on any atom is -0.496 e. The summed E-state index contributed by atoms with van der Waals surface area (Å²) in [5.41, 5.74) is 1.64. The fourth-order valence-electron chi connectivity index (χ4n) is 3.07. The number of nitrogens with zero attached hydrogens (tertiary/aromatic N) is 1. The van der Waals surface area contributed by atoms with Crippen LogP contribution in [-0.4, -0.2) is 30.5 Å². The van der Waals surface area contributed by atoms with Gasteiger partial charge in [-0.2, -0.15) is 0 Å². The number of carbonyl (C=O) groups excluding carboxylic acids is 2. The van der Waals surface area contributed by atoms with Gasteiger partial charge < -0.3 is 14.8 Å². The third-order valence-electron chi connectivity index (χ3n) is 4.74. The number of hydrogen-bond donors (Lipinski definition) is 1. The zero-order valence-corrected chi connectivity index (χ0v) is 16.7. The van der Waals surface area contributed by atoms with E-state index >= 15 is 0 Å². The third kappa shape index (κ3) is 4.22. The molecule has 0 bridgehead atoms. The number of nitro groups is 1. The van der Waals surface area contributed by atoms with Crippen molar-refractivity contribution in [1.29, 1.82) is 0 Å². The van der Waals surface area contributed by atoms with Crippen LogP contribution in [0.25, 0.3) is 10.8 Å². The maximum absolute atomic E-state index is 12.5. The number of hydrogen-bond acceptors (Lipinski definition) is 6. The molecule has 0 spiro atoms. The Kier molecular flexibility index (Phi) is 5.96. The first-order valence-electron chi connectivity index (χ1n) is 9.10. The molecule has 30 heavy (non-hydrogen) atoms. The number of ether oxygens (including phenoxy) is 2. The van der Waals surface area contributed by atoms with E-state index in [1.807, 2.05) is 12.1 Å². The topological polar surface area (TPSA) is 108 Å². The largest absolute Gasteiger partial charge is 0.496 e. The first-order valence-corrected chi connectivity index (χ1v) is 9.10. The van der Waals surface area contributed by atoms with Crippen molar-refractivity contribution in [2.24, 2.45) is 0 Å². The van der Waals surface area contributed by atoms with Gasteiger partial charge in [-0.15, -0.1) is 0 Å². The standard InChI is InChI=1S/C22H20N2O6/c1-13-10-18(19(24(27)28)11-14(13)2)23-21(25)12-30-22(26)17-8-9-20(29-3)16-7-5-4-6-15(16)17/h4-11H,12H2,1-3H3,(H,23,25). The lowest BCUT2D eigenvalue weighted by atomic mass is 10.0. The van der Waals surface area contributed by atoms with E-state index < -0.39 is 23.4 Å². The molecule has 0 aromatic heterocycles. The summed E-state index contributed by atoms with van der Waals surface area (Å²) >= 11 is 0. The van der Waals surface area contributed by atoms with Crippen molar-refractivity contribution in [1.82, 2.24) is 0 Å². The molecule has 0 fully saturated rings. The highest BCUT2D eigenvalue weighted by Crippen LogP contribution is 2.29. The minimum atomic E-state index is -0.682. The Morgan fingerprint density at radius 2 is 1.70 bits per heavy atom. The molecule has 3 aromatic carbocycles. The summed E-state index contributed by atoms with van der Waals surface area (Å²) in [6, 6.07) is 13.3. The zero-order chi connectivity index (χ0) is 21.8. The number of amides is 1. The van der Waals surface area contributed by atoms with Gasteiger partial charge in [-0.1, -0.05) is 24.3 Å². The van der Waals surface area contributed by atoms with Crippen molar-refractivity contribution in [3.05, 3.63) is 75.3 Å². The average Bonchev–Trinajstić information content (AvgIpc) is 2.73. The van der Waals surface area contributed by atoms with Crippen LogP contribution in [0.2, 0.25) is 0 Å². The van der Waals surface area contributed by atoms with Crippen molar-refractivity contribution in [2.75, 3.05) is 19.0 Å². The quantitative estimate of drug-likeness (QED) is 0.373. The Hall–Kier alpha value is -3.94. The van der Waals surface area contributed by atoms with Crippen LogP contribution in [0.1, 0.15) is 21.5 Å². The third-order valence-corrected chi connectivity index (χ3v) is 4.74. The molecule has 1 N–H and O–H groups in total. The summed E-state index contributed by atoms with van der Waals surface area (Å²) in [6.45, 7) is 2.95. The summed E-state index contributed by atoms with van der Waals surface area (Å²) in [7, 11) is 1.54. The maximum atomic E-state index is 12.5.